The first-order chi connectivity index (χ1) is 10.1. The monoisotopic (exact) mass is 287 g/mol. The van der Waals surface area contributed by atoms with E-state index in [9.17, 15) is 4.79 Å². The number of likely N-dealkylation sites (tertiary alicyclic amines) is 1. The highest BCUT2D eigenvalue weighted by atomic mass is 16.5. The number of aryl methyl sites for hydroxylation is 1. The third kappa shape index (κ3) is 2.98. The molecule has 3 rings (SSSR count). The Bertz CT molecular complexity index is 540. The van der Waals surface area contributed by atoms with Crippen molar-refractivity contribution in [2.45, 2.75) is 51.6 Å². The van der Waals surface area contributed by atoms with Gasteiger partial charge in [-0.3, -0.25) is 4.79 Å². The van der Waals surface area contributed by atoms with Gasteiger partial charge in [-0.15, -0.1) is 0 Å². The molecular formula is C18H25NO2. The Morgan fingerprint density at radius 1 is 1.29 bits per heavy atom. The van der Waals surface area contributed by atoms with Crippen molar-refractivity contribution in [3.05, 3.63) is 29.3 Å². The summed E-state index contributed by atoms with van der Waals surface area (Å²) >= 11 is 0. The third-order valence-electron chi connectivity index (χ3n) is 4.77. The molecule has 2 heterocycles. The fraction of sp³-hybridized carbons (Fsp3) is 0.611. The van der Waals surface area contributed by atoms with E-state index in [1.165, 1.54) is 6.42 Å². The summed E-state index contributed by atoms with van der Waals surface area (Å²) < 4.78 is 6.34. The van der Waals surface area contributed by atoms with Crippen molar-refractivity contribution in [3.63, 3.8) is 0 Å². The van der Waals surface area contributed by atoms with Gasteiger partial charge >= 0.3 is 0 Å². The number of hydrogen-bond acceptors (Lipinski definition) is 3. The van der Waals surface area contributed by atoms with Crippen molar-refractivity contribution >= 4 is 5.78 Å². The van der Waals surface area contributed by atoms with Crippen LogP contribution in [0.25, 0.3) is 0 Å². The quantitative estimate of drug-likeness (QED) is 0.832. The van der Waals surface area contributed by atoms with Gasteiger partial charge in [-0.25, -0.2) is 0 Å². The highest BCUT2D eigenvalue weighted by molar-refractivity contribution is 6.00. The largest absolute Gasteiger partial charge is 0.486 e. The highest BCUT2D eigenvalue weighted by Crippen LogP contribution is 2.39. The number of fused-ring (bicyclic) bond motifs is 1. The summed E-state index contributed by atoms with van der Waals surface area (Å²) in [5.74, 6) is 1.05. The summed E-state index contributed by atoms with van der Waals surface area (Å²) in [6.45, 7) is 7.57. The topological polar surface area (TPSA) is 29.5 Å². The molecule has 1 spiro atoms. The van der Waals surface area contributed by atoms with E-state index in [2.05, 4.69) is 11.8 Å². The van der Waals surface area contributed by atoms with Crippen molar-refractivity contribution in [2.24, 2.45) is 0 Å². The minimum Gasteiger partial charge on any atom is -0.486 e. The lowest BCUT2D eigenvalue weighted by atomic mass is 9.84. The van der Waals surface area contributed by atoms with Crippen molar-refractivity contribution in [2.75, 3.05) is 19.6 Å². The predicted molar refractivity (Wildman–Crippen MR) is 84.1 cm³/mol. The number of benzene rings is 1. The molecule has 1 atom stereocenters. The van der Waals surface area contributed by atoms with E-state index in [-0.39, 0.29) is 11.4 Å². The van der Waals surface area contributed by atoms with E-state index in [1.54, 1.807) is 0 Å². The first-order valence-electron chi connectivity index (χ1n) is 8.17. The second-order valence-electron chi connectivity index (χ2n) is 6.58. The Kier molecular flexibility index (Phi) is 4.03. The van der Waals surface area contributed by atoms with Crippen LogP contribution in [0.4, 0.5) is 0 Å². The molecule has 21 heavy (non-hydrogen) atoms. The van der Waals surface area contributed by atoms with Gasteiger partial charge in [0.25, 0.3) is 0 Å². The van der Waals surface area contributed by atoms with Gasteiger partial charge in [-0.1, -0.05) is 18.6 Å². The average Bonchev–Trinajstić information content (AvgIpc) is 2.64. The molecule has 114 valence electrons. The molecular weight excluding hydrogens is 262 g/mol. The van der Waals surface area contributed by atoms with Crippen LogP contribution in [0.15, 0.2) is 18.2 Å². The molecule has 0 radical (unpaired) electrons. The highest BCUT2D eigenvalue weighted by Gasteiger charge is 2.41. The lowest BCUT2D eigenvalue weighted by Crippen LogP contribution is -2.43. The molecule has 0 amide bonds. The van der Waals surface area contributed by atoms with Gasteiger partial charge in [0.05, 0.1) is 12.0 Å². The minimum absolute atomic E-state index is 0.254. The van der Waals surface area contributed by atoms with E-state index < -0.39 is 0 Å². The van der Waals surface area contributed by atoms with Crippen molar-refractivity contribution in [1.82, 2.24) is 4.90 Å². The summed E-state index contributed by atoms with van der Waals surface area (Å²) in [7, 11) is 0. The molecule has 1 aromatic rings. The SMILES string of the molecule is CCCN1CCCC2(CC1)CC(=O)c1cc(C)ccc1O2. The number of ketones is 1. The average molecular weight is 287 g/mol. The minimum atomic E-state index is -0.262. The number of carbonyl (C=O) groups is 1. The zero-order valence-corrected chi connectivity index (χ0v) is 13.2. The van der Waals surface area contributed by atoms with E-state index in [0.717, 1.165) is 55.8 Å². The molecule has 0 bridgehead atoms. The molecule has 3 nitrogen and oxygen atoms in total. The summed E-state index contributed by atoms with van der Waals surface area (Å²) in [6.07, 6.45) is 4.81. The summed E-state index contributed by atoms with van der Waals surface area (Å²) in [5, 5.41) is 0. The van der Waals surface area contributed by atoms with Gasteiger partial charge in [0.1, 0.15) is 11.4 Å². The first kappa shape index (κ1) is 14.6. The van der Waals surface area contributed by atoms with Gasteiger partial charge in [-0.2, -0.15) is 0 Å². The summed E-state index contributed by atoms with van der Waals surface area (Å²) in [5.41, 5.74) is 1.63. The van der Waals surface area contributed by atoms with E-state index in [0.29, 0.717) is 6.42 Å². The van der Waals surface area contributed by atoms with Crippen LogP contribution in [0.3, 0.4) is 0 Å². The fourth-order valence-corrected chi connectivity index (χ4v) is 3.65. The zero-order valence-electron chi connectivity index (χ0n) is 13.2. The molecule has 1 unspecified atom stereocenters. The maximum absolute atomic E-state index is 12.5. The Morgan fingerprint density at radius 3 is 2.95 bits per heavy atom. The van der Waals surface area contributed by atoms with Crippen LogP contribution >= 0.6 is 0 Å². The Labute approximate surface area is 127 Å². The van der Waals surface area contributed by atoms with Gasteiger partial charge in [0, 0.05) is 13.0 Å². The second kappa shape index (κ2) is 5.80. The lowest BCUT2D eigenvalue weighted by molar-refractivity contribution is 0.0300. The van der Waals surface area contributed by atoms with Crippen LogP contribution in [-0.4, -0.2) is 35.9 Å². The molecule has 1 fully saturated rings. The molecule has 2 aliphatic heterocycles. The number of ether oxygens (including phenoxy) is 1. The normalized spacial score (nSPS) is 26.3. The lowest BCUT2D eigenvalue weighted by Gasteiger charge is -2.37. The van der Waals surface area contributed by atoms with Crippen molar-refractivity contribution in [1.29, 1.82) is 0 Å². The Balaban J connectivity index is 1.81. The van der Waals surface area contributed by atoms with E-state index in [1.807, 2.05) is 25.1 Å². The number of carbonyl (C=O) groups excluding carboxylic acids is 1. The number of rotatable bonds is 2. The van der Waals surface area contributed by atoms with Gasteiger partial charge < -0.3 is 9.64 Å². The van der Waals surface area contributed by atoms with E-state index in [4.69, 9.17) is 4.74 Å². The standard InChI is InChI=1S/C18H25NO2/c1-3-9-19-10-4-7-18(8-11-19)13-16(20)15-12-14(2)5-6-17(15)21-18/h5-6,12H,3-4,7-11,13H2,1-2H3. The molecule has 0 aromatic heterocycles. The molecule has 2 aliphatic rings. The molecule has 0 aliphatic carbocycles. The van der Waals surface area contributed by atoms with Crippen LogP contribution in [0, 0.1) is 6.92 Å². The maximum Gasteiger partial charge on any atom is 0.170 e. The Morgan fingerprint density at radius 2 is 2.14 bits per heavy atom. The van der Waals surface area contributed by atoms with E-state index >= 15 is 0 Å². The summed E-state index contributed by atoms with van der Waals surface area (Å²) in [4.78, 5) is 15.0. The van der Waals surface area contributed by atoms with Gasteiger partial charge in [0.15, 0.2) is 5.78 Å². The second-order valence-corrected chi connectivity index (χ2v) is 6.58. The van der Waals surface area contributed by atoms with Gasteiger partial charge in [0.2, 0.25) is 0 Å². The first-order valence-corrected chi connectivity index (χ1v) is 8.17. The van der Waals surface area contributed by atoms with Crippen molar-refractivity contribution < 1.29 is 9.53 Å². The molecule has 1 saturated heterocycles. The number of nitrogens with zero attached hydrogens (tertiary/aromatic N) is 1. The molecule has 3 heteroatoms. The number of Topliss-reactive ketones (excluding diaryl/α,β-unsaturated/α-hetero) is 1. The van der Waals surface area contributed by atoms with Crippen LogP contribution in [0.5, 0.6) is 5.75 Å². The van der Waals surface area contributed by atoms with Crippen LogP contribution < -0.4 is 4.74 Å². The van der Waals surface area contributed by atoms with Crippen molar-refractivity contribution in [3.8, 4) is 5.75 Å². The zero-order chi connectivity index (χ0) is 14.9. The third-order valence-corrected chi connectivity index (χ3v) is 4.77. The number of hydrogen-bond donors (Lipinski definition) is 0. The molecule has 0 N–H and O–H groups in total. The maximum atomic E-state index is 12.5. The van der Waals surface area contributed by atoms with Crippen LogP contribution in [0.1, 0.15) is 54.9 Å². The van der Waals surface area contributed by atoms with Crippen LogP contribution in [-0.2, 0) is 0 Å². The van der Waals surface area contributed by atoms with Crippen LogP contribution in [0.2, 0.25) is 0 Å². The smallest absolute Gasteiger partial charge is 0.170 e. The Hall–Kier alpha value is -1.35. The van der Waals surface area contributed by atoms with Gasteiger partial charge in [-0.05, 0) is 51.4 Å². The summed E-state index contributed by atoms with van der Waals surface area (Å²) in [6, 6.07) is 5.97. The molecule has 1 aromatic carbocycles. The predicted octanol–water partition coefficient (Wildman–Crippen LogP) is 3.59. The fourth-order valence-electron chi connectivity index (χ4n) is 3.65. The molecule has 0 saturated carbocycles.